The van der Waals surface area contributed by atoms with Gasteiger partial charge in [0.1, 0.15) is 5.69 Å². The summed E-state index contributed by atoms with van der Waals surface area (Å²) < 4.78 is 0. The third-order valence-electron chi connectivity index (χ3n) is 3.69. The first-order valence-electron chi connectivity index (χ1n) is 7.44. The summed E-state index contributed by atoms with van der Waals surface area (Å²) >= 11 is 0. The van der Waals surface area contributed by atoms with Crippen molar-refractivity contribution in [3.63, 3.8) is 0 Å². The summed E-state index contributed by atoms with van der Waals surface area (Å²) in [5.74, 6) is -0.920. The summed E-state index contributed by atoms with van der Waals surface area (Å²) in [6.07, 6.45) is 5.65. The van der Waals surface area contributed by atoms with E-state index in [1.54, 1.807) is 12.3 Å². The van der Waals surface area contributed by atoms with Crippen molar-refractivity contribution in [3.8, 4) is 0 Å². The summed E-state index contributed by atoms with van der Waals surface area (Å²) in [5, 5.41) is 10.4. The molecule has 4 N–H and O–H groups in total. The number of H-pyrrole nitrogens is 1. The molecule has 1 aromatic heterocycles. The number of nitrogens with zero attached hydrogens (tertiary/aromatic N) is 1. The maximum absolute atomic E-state index is 10.6. The SMILES string of the molecule is NCCCN1CCCC1.O=C(O)c1[nH]cc2ccccc12. The summed E-state index contributed by atoms with van der Waals surface area (Å²) in [5.41, 5.74) is 5.64. The van der Waals surface area contributed by atoms with Crippen molar-refractivity contribution in [2.24, 2.45) is 5.73 Å². The Hall–Kier alpha value is -1.85. The zero-order valence-electron chi connectivity index (χ0n) is 12.2. The quantitative estimate of drug-likeness (QED) is 0.806. The number of carboxylic acid groups (broad SMARTS) is 1. The Balaban J connectivity index is 0.000000161. The lowest BCUT2D eigenvalue weighted by Crippen LogP contribution is -2.22. The normalized spacial score (nSPS) is 14.9. The average Bonchev–Trinajstić information content (AvgIpc) is 3.15. The number of benzene rings is 1. The number of hydrogen-bond donors (Lipinski definition) is 3. The average molecular weight is 289 g/mol. The minimum Gasteiger partial charge on any atom is -0.477 e. The molecule has 0 aliphatic carbocycles. The van der Waals surface area contributed by atoms with E-state index in [-0.39, 0.29) is 5.69 Å². The van der Waals surface area contributed by atoms with Gasteiger partial charge in [-0.25, -0.2) is 4.79 Å². The summed E-state index contributed by atoms with van der Waals surface area (Å²) in [6.45, 7) is 4.67. The molecule has 5 nitrogen and oxygen atoms in total. The molecule has 0 saturated carbocycles. The van der Waals surface area contributed by atoms with E-state index in [0.717, 1.165) is 17.3 Å². The Morgan fingerprint density at radius 3 is 2.67 bits per heavy atom. The van der Waals surface area contributed by atoms with Gasteiger partial charge in [-0.3, -0.25) is 0 Å². The molecule has 0 unspecified atom stereocenters. The van der Waals surface area contributed by atoms with Gasteiger partial charge in [-0.1, -0.05) is 24.3 Å². The Morgan fingerprint density at radius 2 is 2.00 bits per heavy atom. The summed E-state index contributed by atoms with van der Waals surface area (Å²) in [6, 6.07) is 7.36. The largest absolute Gasteiger partial charge is 0.477 e. The van der Waals surface area contributed by atoms with E-state index in [9.17, 15) is 4.79 Å². The number of rotatable bonds is 4. The topological polar surface area (TPSA) is 82.3 Å². The molecular formula is C16H23N3O2. The van der Waals surface area contributed by atoms with Crippen molar-refractivity contribution in [3.05, 3.63) is 36.2 Å². The molecule has 0 amide bonds. The fourth-order valence-electron chi connectivity index (χ4n) is 2.58. The predicted molar refractivity (Wildman–Crippen MR) is 84.6 cm³/mol. The van der Waals surface area contributed by atoms with Crippen molar-refractivity contribution in [1.29, 1.82) is 0 Å². The maximum Gasteiger partial charge on any atom is 0.352 e. The molecule has 1 aliphatic heterocycles. The van der Waals surface area contributed by atoms with Crippen LogP contribution in [0.5, 0.6) is 0 Å². The van der Waals surface area contributed by atoms with Crippen molar-refractivity contribution < 1.29 is 9.90 Å². The van der Waals surface area contributed by atoms with Gasteiger partial charge in [-0.15, -0.1) is 0 Å². The first-order chi connectivity index (χ1) is 10.2. The lowest BCUT2D eigenvalue weighted by atomic mass is 10.2. The summed E-state index contributed by atoms with van der Waals surface area (Å²) in [4.78, 5) is 15.9. The molecule has 21 heavy (non-hydrogen) atoms. The zero-order valence-corrected chi connectivity index (χ0v) is 12.2. The van der Waals surface area contributed by atoms with Crippen LogP contribution in [0.25, 0.3) is 10.8 Å². The fraction of sp³-hybridized carbons (Fsp3) is 0.438. The predicted octanol–water partition coefficient (Wildman–Crippen LogP) is 2.30. The lowest BCUT2D eigenvalue weighted by molar-refractivity contribution is 0.0693. The second-order valence-electron chi connectivity index (χ2n) is 5.25. The number of carboxylic acids is 1. The van der Waals surface area contributed by atoms with Crippen LogP contribution < -0.4 is 5.73 Å². The lowest BCUT2D eigenvalue weighted by Gasteiger charge is -2.12. The van der Waals surface area contributed by atoms with E-state index in [1.165, 1.54) is 38.9 Å². The minimum absolute atomic E-state index is 0.255. The standard InChI is InChI=1S/C9H7NO2.C7H16N2/c11-9(12)8-7-4-2-1-3-6(7)5-10-8;8-4-3-7-9-5-1-2-6-9/h1-5,10H,(H,11,12);1-8H2. The van der Waals surface area contributed by atoms with Crippen LogP contribution in [-0.4, -0.2) is 47.1 Å². The van der Waals surface area contributed by atoms with E-state index < -0.39 is 5.97 Å². The van der Waals surface area contributed by atoms with E-state index in [1.807, 2.05) is 18.2 Å². The molecule has 1 fully saturated rings. The number of nitrogens with one attached hydrogen (secondary N) is 1. The number of nitrogens with two attached hydrogens (primary N) is 1. The molecule has 0 radical (unpaired) electrons. The van der Waals surface area contributed by atoms with E-state index in [4.69, 9.17) is 10.8 Å². The van der Waals surface area contributed by atoms with Gasteiger partial charge in [0.05, 0.1) is 0 Å². The molecule has 2 aromatic rings. The fourth-order valence-corrected chi connectivity index (χ4v) is 2.58. The van der Waals surface area contributed by atoms with E-state index in [2.05, 4.69) is 9.88 Å². The molecule has 1 aliphatic rings. The van der Waals surface area contributed by atoms with Crippen LogP contribution in [-0.2, 0) is 0 Å². The number of hydrogen-bond acceptors (Lipinski definition) is 3. The van der Waals surface area contributed by atoms with Gasteiger partial charge in [0.25, 0.3) is 0 Å². The molecule has 3 rings (SSSR count). The van der Waals surface area contributed by atoms with Crippen molar-refractivity contribution in [2.75, 3.05) is 26.2 Å². The maximum atomic E-state index is 10.6. The summed E-state index contributed by atoms with van der Waals surface area (Å²) in [7, 11) is 0. The van der Waals surface area contributed by atoms with Crippen LogP contribution in [0.4, 0.5) is 0 Å². The molecular weight excluding hydrogens is 266 g/mol. The third kappa shape index (κ3) is 4.31. The van der Waals surface area contributed by atoms with E-state index >= 15 is 0 Å². The van der Waals surface area contributed by atoms with Crippen LogP contribution >= 0.6 is 0 Å². The first-order valence-corrected chi connectivity index (χ1v) is 7.44. The molecule has 5 heteroatoms. The van der Waals surface area contributed by atoms with Crippen molar-refractivity contribution in [1.82, 2.24) is 9.88 Å². The number of aromatic nitrogens is 1. The van der Waals surface area contributed by atoms with Crippen LogP contribution in [0.2, 0.25) is 0 Å². The highest BCUT2D eigenvalue weighted by atomic mass is 16.4. The second-order valence-corrected chi connectivity index (χ2v) is 5.25. The minimum atomic E-state index is -0.920. The highest BCUT2D eigenvalue weighted by molar-refractivity contribution is 6.02. The zero-order chi connectivity index (χ0) is 15.1. The van der Waals surface area contributed by atoms with Gasteiger partial charge >= 0.3 is 5.97 Å². The molecule has 114 valence electrons. The van der Waals surface area contributed by atoms with Crippen LogP contribution in [0.15, 0.2) is 30.5 Å². The van der Waals surface area contributed by atoms with Crippen molar-refractivity contribution in [2.45, 2.75) is 19.3 Å². The Kier molecular flexibility index (Phi) is 5.78. The Bertz CT molecular complexity index is 574. The van der Waals surface area contributed by atoms with Gasteiger partial charge in [-0.2, -0.15) is 0 Å². The van der Waals surface area contributed by atoms with Gasteiger partial charge in [0.15, 0.2) is 0 Å². The number of aromatic carboxylic acids is 1. The van der Waals surface area contributed by atoms with Crippen LogP contribution in [0.1, 0.15) is 29.8 Å². The van der Waals surface area contributed by atoms with E-state index in [0.29, 0.717) is 0 Å². The highest BCUT2D eigenvalue weighted by Crippen LogP contribution is 2.17. The van der Waals surface area contributed by atoms with Gasteiger partial charge in [-0.05, 0) is 45.4 Å². The molecule has 1 aromatic carbocycles. The number of fused-ring (bicyclic) bond motifs is 1. The van der Waals surface area contributed by atoms with Gasteiger partial charge in [0, 0.05) is 17.0 Å². The Labute approximate surface area is 124 Å². The van der Waals surface area contributed by atoms with Gasteiger partial charge in [0.2, 0.25) is 0 Å². The smallest absolute Gasteiger partial charge is 0.352 e. The Morgan fingerprint density at radius 1 is 1.29 bits per heavy atom. The number of aromatic amines is 1. The molecule has 0 bridgehead atoms. The van der Waals surface area contributed by atoms with Crippen molar-refractivity contribution >= 4 is 16.7 Å². The first kappa shape index (κ1) is 15.5. The molecule has 0 spiro atoms. The van der Waals surface area contributed by atoms with Crippen LogP contribution in [0, 0.1) is 0 Å². The number of carbonyl (C=O) groups is 1. The van der Waals surface area contributed by atoms with Crippen LogP contribution in [0.3, 0.4) is 0 Å². The second kappa shape index (κ2) is 7.81. The third-order valence-corrected chi connectivity index (χ3v) is 3.69. The highest BCUT2D eigenvalue weighted by Gasteiger charge is 2.09. The molecule has 0 atom stereocenters. The molecule has 1 saturated heterocycles. The van der Waals surface area contributed by atoms with Gasteiger partial charge < -0.3 is 20.7 Å². The molecule has 2 heterocycles. The monoisotopic (exact) mass is 289 g/mol. The number of likely N-dealkylation sites (tertiary alicyclic amines) is 1.